The van der Waals surface area contributed by atoms with Crippen LogP contribution in [0.3, 0.4) is 0 Å². The molecule has 0 radical (unpaired) electrons. The number of nitrogens with zero attached hydrogens (tertiary/aromatic N) is 1. The number of carbonyl (C=O) groups is 1. The van der Waals surface area contributed by atoms with Gasteiger partial charge in [-0.2, -0.15) is 0 Å². The van der Waals surface area contributed by atoms with E-state index in [-0.39, 0.29) is 11.8 Å². The van der Waals surface area contributed by atoms with Gasteiger partial charge in [-0.15, -0.1) is 0 Å². The number of rotatable bonds is 7. The van der Waals surface area contributed by atoms with Crippen molar-refractivity contribution in [3.05, 3.63) is 101 Å². The molecule has 3 aromatic carbocycles. The van der Waals surface area contributed by atoms with E-state index in [0.29, 0.717) is 6.61 Å². The van der Waals surface area contributed by atoms with Crippen LogP contribution in [0.4, 0.5) is 0 Å². The summed E-state index contributed by atoms with van der Waals surface area (Å²) in [5.41, 5.74) is 9.34. The van der Waals surface area contributed by atoms with Crippen LogP contribution >= 0.6 is 0 Å². The van der Waals surface area contributed by atoms with Crippen LogP contribution in [0.15, 0.2) is 78.9 Å². The van der Waals surface area contributed by atoms with Gasteiger partial charge in [0, 0.05) is 18.7 Å². The smallest absolute Gasteiger partial charge is 0.232 e. The minimum atomic E-state index is -0.855. The Kier molecular flexibility index (Phi) is 5.92. The zero-order valence-corrected chi connectivity index (χ0v) is 18.7. The Labute approximate surface area is 194 Å². The summed E-state index contributed by atoms with van der Waals surface area (Å²) in [5, 5.41) is 10.1. The summed E-state index contributed by atoms with van der Waals surface area (Å²) in [6, 6.07) is 26.1. The monoisotopic (exact) mass is 442 g/mol. The molecule has 2 aliphatic heterocycles. The summed E-state index contributed by atoms with van der Waals surface area (Å²) in [4.78, 5) is 15.6. The van der Waals surface area contributed by atoms with Crippen molar-refractivity contribution in [1.29, 1.82) is 0 Å². The molecule has 0 saturated carbocycles. The molecule has 2 aliphatic rings. The van der Waals surface area contributed by atoms with E-state index in [0.717, 1.165) is 54.9 Å². The summed E-state index contributed by atoms with van der Waals surface area (Å²) in [6.45, 7) is 2.96. The van der Waals surface area contributed by atoms with E-state index < -0.39 is 11.5 Å². The average molecular weight is 443 g/mol. The molecule has 1 amide bonds. The lowest BCUT2D eigenvalue weighted by atomic mass is 9.64. The molecule has 5 rings (SSSR count). The number of aliphatic hydroxyl groups is 1. The van der Waals surface area contributed by atoms with Crippen LogP contribution in [0.1, 0.15) is 34.8 Å². The van der Waals surface area contributed by atoms with Crippen LogP contribution in [-0.4, -0.2) is 42.2 Å². The van der Waals surface area contributed by atoms with Gasteiger partial charge in [0.1, 0.15) is 23.9 Å². The van der Waals surface area contributed by atoms with E-state index in [1.807, 2.05) is 66.7 Å². The highest BCUT2D eigenvalue weighted by molar-refractivity contribution is 5.91. The third-order valence-corrected chi connectivity index (χ3v) is 7.28. The van der Waals surface area contributed by atoms with Gasteiger partial charge in [0.15, 0.2) is 0 Å². The number of primary amides is 1. The minimum Gasteiger partial charge on any atom is -0.490 e. The van der Waals surface area contributed by atoms with Gasteiger partial charge in [-0.05, 0) is 54.1 Å². The van der Waals surface area contributed by atoms with Crippen molar-refractivity contribution in [2.75, 3.05) is 26.2 Å². The third kappa shape index (κ3) is 3.92. The number of ether oxygens (including phenoxy) is 1. The number of hydrogen-bond acceptors (Lipinski definition) is 4. The standard InChI is InChI=1S/C28H30N2O3/c29-27(32)28(21-7-3-1-4-8-21,22-9-5-2-6-10-22)23-14-16-30(18-23)15-13-20-11-12-26-24(17-20)25(31)19-33-26/h1-12,17,23,25,31H,13-16,18-19H2,(H2,29,32)/t23-,25-/m0/s1. The molecular weight excluding hydrogens is 412 g/mol. The highest BCUT2D eigenvalue weighted by Crippen LogP contribution is 2.43. The summed E-state index contributed by atoms with van der Waals surface area (Å²) >= 11 is 0. The van der Waals surface area contributed by atoms with Crippen molar-refractivity contribution in [3.8, 4) is 5.75 Å². The fourth-order valence-electron chi connectivity index (χ4n) is 5.61. The van der Waals surface area contributed by atoms with Gasteiger partial charge in [0.2, 0.25) is 5.91 Å². The zero-order valence-electron chi connectivity index (χ0n) is 18.7. The fraction of sp³-hybridized carbons (Fsp3) is 0.321. The minimum absolute atomic E-state index is 0.0926. The Morgan fingerprint density at radius 2 is 1.70 bits per heavy atom. The Hall–Kier alpha value is -3.15. The van der Waals surface area contributed by atoms with Crippen molar-refractivity contribution in [2.45, 2.75) is 24.4 Å². The Bertz CT molecular complexity index is 1080. The molecule has 0 spiro atoms. The molecule has 3 aromatic rings. The molecule has 5 heteroatoms. The molecular formula is C28H30N2O3. The largest absolute Gasteiger partial charge is 0.490 e. The molecule has 2 atom stereocenters. The SMILES string of the molecule is NC(=O)C(c1ccccc1)(c1ccccc1)[C@H]1CCN(CCc2ccc3c(c2)[C@@H](O)CO3)C1. The third-order valence-electron chi connectivity index (χ3n) is 7.28. The average Bonchev–Trinajstić information content (AvgIpc) is 3.46. The topological polar surface area (TPSA) is 75.8 Å². The van der Waals surface area contributed by atoms with Gasteiger partial charge in [0.05, 0.1) is 0 Å². The van der Waals surface area contributed by atoms with Gasteiger partial charge in [0.25, 0.3) is 0 Å². The van der Waals surface area contributed by atoms with Crippen LogP contribution in [0, 0.1) is 5.92 Å². The number of benzene rings is 3. The molecule has 0 aliphatic carbocycles. The van der Waals surface area contributed by atoms with Crippen molar-refractivity contribution in [3.63, 3.8) is 0 Å². The Morgan fingerprint density at radius 1 is 1.03 bits per heavy atom. The lowest BCUT2D eigenvalue weighted by Gasteiger charge is -2.37. The number of fused-ring (bicyclic) bond motifs is 1. The lowest BCUT2D eigenvalue weighted by Crippen LogP contribution is -2.49. The van der Waals surface area contributed by atoms with E-state index in [1.54, 1.807) is 0 Å². The molecule has 5 nitrogen and oxygen atoms in total. The van der Waals surface area contributed by atoms with E-state index in [9.17, 15) is 9.90 Å². The van der Waals surface area contributed by atoms with E-state index >= 15 is 0 Å². The molecule has 0 unspecified atom stereocenters. The first-order valence-corrected chi connectivity index (χ1v) is 11.7. The maximum atomic E-state index is 13.2. The maximum Gasteiger partial charge on any atom is 0.232 e. The molecule has 1 fully saturated rings. The van der Waals surface area contributed by atoms with Crippen molar-refractivity contribution >= 4 is 5.91 Å². The number of hydrogen-bond donors (Lipinski definition) is 2. The predicted molar refractivity (Wildman–Crippen MR) is 128 cm³/mol. The molecule has 33 heavy (non-hydrogen) atoms. The quantitative estimate of drug-likeness (QED) is 0.588. The van der Waals surface area contributed by atoms with Gasteiger partial charge < -0.3 is 20.5 Å². The number of carbonyl (C=O) groups excluding carboxylic acids is 1. The molecule has 1 saturated heterocycles. The zero-order chi connectivity index (χ0) is 22.8. The summed E-state index contributed by atoms with van der Waals surface area (Å²) in [5.74, 6) is 0.582. The van der Waals surface area contributed by atoms with Crippen LogP contribution in [0.5, 0.6) is 5.75 Å². The van der Waals surface area contributed by atoms with Crippen LogP contribution < -0.4 is 10.5 Å². The second kappa shape index (κ2) is 9.00. The van der Waals surface area contributed by atoms with Crippen molar-refractivity contribution < 1.29 is 14.6 Å². The maximum absolute atomic E-state index is 13.2. The van der Waals surface area contributed by atoms with E-state index in [1.165, 1.54) is 5.56 Å². The molecule has 2 heterocycles. The predicted octanol–water partition coefficient (Wildman–Crippen LogP) is 3.45. The van der Waals surface area contributed by atoms with Gasteiger partial charge in [-0.25, -0.2) is 0 Å². The molecule has 0 bridgehead atoms. The van der Waals surface area contributed by atoms with Gasteiger partial charge >= 0.3 is 0 Å². The second-order valence-corrected chi connectivity index (χ2v) is 9.14. The number of nitrogens with two attached hydrogens (primary N) is 1. The summed E-state index contributed by atoms with van der Waals surface area (Å²) < 4.78 is 5.50. The van der Waals surface area contributed by atoms with E-state index in [2.05, 4.69) is 17.0 Å². The first-order valence-electron chi connectivity index (χ1n) is 11.7. The number of amides is 1. The Morgan fingerprint density at radius 3 is 2.33 bits per heavy atom. The molecule has 170 valence electrons. The summed E-state index contributed by atoms with van der Waals surface area (Å²) in [7, 11) is 0. The molecule has 3 N–H and O–H groups in total. The van der Waals surface area contributed by atoms with Gasteiger partial charge in [-0.1, -0.05) is 66.7 Å². The van der Waals surface area contributed by atoms with Crippen molar-refractivity contribution in [1.82, 2.24) is 4.90 Å². The van der Waals surface area contributed by atoms with Crippen molar-refractivity contribution in [2.24, 2.45) is 11.7 Å². The first-order chi connectivity index (χ1) is 16.1. The summed E-state index contributed by atoms with van der Waals surface area (Å²) in [6.07, 6.45) is 1.25. The highest BCUT2D eigenvalue weighted by Gasteiger charge is 2.49. The Balaban J connectivity index is 1.38. The number of aliphatic hydroxyl groups excluding tert-OH is 1. The second-order valence-electron chi connectivity index (χ2n) is 9.14. The first kappa shape index (κ1) is 21.7. The number of likely N-dealkylation sites (tertiary alicyclic amines) is 1. The normalized spacial score (nSPS) is 20.4. The van der Waals surface area contributed by atoms with E-state index in [4.69, 9.17) is 10.5 Å². The lowest BCUT2D eigenvalue weighted by molar-refractivity contribution is -0.123. The molecule has 0 aromatic heterocycles. The highest BCUT2D eigenvalue weighted by atomic mass is 16.5. The van der Waals surface area contributed by atoms with Crippen LogP contribution in [0.25, 0.3) is 0 Å². The fourth-order valence-corrected chi connectivity index (χ4v) is 5.61. The van der Waals surface area contributed by atoms with Crippen LogP contribution in [0.2, 0.25) is 0 Å². The van der Waals surface area contributed by atoms with Crippen LogP contribution in [-0.2, 0) is 16.6 Å². The van der Waals surface area contributed by atoms with Gasteiger partial charge in [-0.3, -0.25) is 4.79 Å².